The van der Waals surface area contributed by atoms with Crippen molar-refractivity contribution in [2.75, 3.05) is 5.73 Å². The molecule has 1 aromatic rings. The number of halogens is 2. The monoisotopic (exact) mass is 248 g/mol. The van der Waals surface area contributed by atoms with Gasteiger partial charge in [0.25, 0.3) is 0 Å². The second kappa shape index (κ2) is 4.68. The fourth-order valence-corrected chi connectivity index (χ4v) is 1.50. The highest BCUT2D eigenvalue weighted by atomic mass is 35.5. The van der Waals surface area contributed by atoms with Crippen molar-refractivity contribution in [3.8, 4) is 0 Å². The number of nitrogen functional groups attached to an aromatic ring is 1. The van der Waals surface area contributed by atoms with Gasteiger partial charge in [-0.05, 0) is 19.9 Å². The van der Waals surface area contributed by atoms with Crippen molar-refractivity contribution in [2.45, 2.75) is 20.0 Å². The number of hydrogen-bond acceptors (Lipinski definition) is 4. The lowest BCUT2D eigenvalue weighted by molar-refractivity contribution is 0.0379. The molecule has 0 saturated carbocycles. The number of anilines is 1. The lowest BCUT2D eigenvalue weighted by Gasteiger charge is -2.10. The molecule has 1 rings (SSSR count). The summed E-state index contributed by atoms with van der Waals surface area (Å²) in [6.07, 6.45) is -0.247. The molecule has 0 aliphatic rings. The van der Waals surface area contributed by atoms with Crippen LogP contribution in [0.5, 0.6) is 0 Å². The Bertz CT molecular complexity index is 371. The zero-order chi connectivity index (χ0) is 11.6. The van der Waals surface area contributed by atoms with E-state index in [9.17, 15) is 4.79 Å². The first-order chi connectivity index (χ1) is 6.91. The van der Waals surface area contributed by atoms with Crippen LogP contribution in [0.1, 0.15) is 24.2 Å². The highest BCUT2D eigenvalue weighted by Gasteiger charge is 2.18. The van der Waals surface area contributed by atoms with Crippen molar-refractivity contribution in [1.82, 2.24) is 4.98 Å². The van der Waals surface area contributed by atoms with Gasteiger partial charge in [-0.15, -0.1) is 0 Å². The molecular weight excluding hydrogens is 239 g/mol. The molecule has 15 heavy (non-hydrogen) atoms. The van der Waals surface area contributed by atoms with E-state index in [0.29, 0.717) is 0 Å². The van der Waals surface area contributed by atoms with E-state index in [1.54, 1.807) is 13.8 Å². The predicted octanol–water partition coefficient (Wildman–Crippen LogP) is 2.54. The summed E-state index contributed by atoms with van der Waals surface area (Å²) in [5.41, 5.74) is 5.80. The van der Waals surface area contributed by atoms with Crippen LogP contribution in [0.15, 0.2) is 6.07 Å². The fourth-order valence-electron chi connectivity index (χ4n) is 0.977. The second-order valence-electron chi connectivity index (χ2n) is 3.15. The average molecular weight is 249 g/mol. The highest BCUT2D eigenvalue weighted by Crippen LogP contribution is 2.24. The van der Waals surface area contributed by atoms with E-state index in [4.69, 9.17) is 33.7 Å². The molecule has 1 aromatic heterocycles. The first kappa shape index (κ1) is 12.1. The van der Waals surface area contributed by atoms with Gasteiger partial charge in [0.2, 0.25) is 0 Å². The molecule has 0 fully saturated rings. The molecule has 0 aromatic carbocycles. The van der Waals surface area contributed by atoms with Gasteiger partial charge in [-0.3, -0.25) is 0 Å². The normalized spacial score (nSPS) is 10.5. The Kier molecular flexibility index (Phi) is 3.77. The van der Waals surface area contributed by atoms with Gasteiger partial charge in [-0.1, -0.05) is 23.2 Å². The second-order valence-corrected chi connectivity index (χ2v) is 3.90. The number of carbonyl (C=O) groups is 1. The van der Waals surface area contributed by atoms with Gasteiger partial charge >= 0.3 is 5.97 Å². The van der Waals surface area contributed by atoms with Crippen LogP contribution >= 0.6 is 23.2 Å². The molecule has 1 heterocycles. The molecule has 0 atom stereocenters. The molecule has 0 aliphatic carbocycles. The zero-order valence-electron chi connectivity index (χ0n) is 8.25. The van der Waals surface area contributed by atoms with Gasteiger partial charge in [0.05, 0.1) is 11.8 Å². The third-order valence-electron chi connectivity index (χ3n) is 1.52. The lowest BCUT2D eigenvalue weighted by Crippen LogP contribution is -2.14. The molecule has 0 aliphatic heterocycles. The van der Waals surface area contributed by atoms with E-state index in [0.717, 1.165) is 0 Å². The van der Waals surface area contributed by atoms with Crippen LogP contribution in [0.25, 0.3) is 0 Å². The average Bonchev–Trinajstić information content (AvgIpc) is 1.99. The number of nitrogens with zero attached hydrogens (tertiary/aromatic N) is 1. The summed E-state index contributed by atoms with van der Waals surface area (Å²) < 4.78 is 4.95. The number of carbonyl (C=O) groups excluding carboxylic acids is 1. The molecule has 0 bridgehead atoms. The molecule has 0 spiro atoms. The van der Waals surface area contributed by atoms with Crippen molar-refractivity contribution in [1.29, 1.82) is 0 Å². The Morgan fingerprint density at radius 2 is 2.13 bits per heavy atom. The first-order valence-electron chi connectivity index (χ1n) is 4.24. The Morgan fingerprint density at radius 3 is 2.60 bits per heavy atom. The number of pyridine rings is 1. The highest BCUT2D eigenvalue weighted by molar-refractivity contribution is 6.35. The molecule has 6 heteroatoms. The maximum absolute atomic E-state index is 11.5. The van der Waals surface area contributed by atoms with Crippen molar-refractivity contribution < 1.29 is 9.53 Å². The fraction of sp³-hybridized carbons (Fsp3) is 0.333. The van der Waals surface area contributed by atoms with E-state index in [1.807, 2.05) is 0 Å². The standard InChI is InChI=1S/C9H10Cl2N2O2/c1-4(2)15-9(14)7-5(12)3-6(10)13-8(7)11/h3-4H,1-2H3,(H2,12,13). The molecule has 4 nitrogen and oxygen atoms in total. The SMILES string of the molecule is CC(C)OC(=O)c1c(N)cc(Cl)nc1Cl. The third kappa shape index (κ3) is 2.97. The zero-order valence-corrected chi connectivity index (χ0v) is 9.76. The van der Waals surface area contributed by atoms with Crippen molar-refractivity contribution >= 4 is 34.9 Å². The summed E-state index contributed by atoms with van der Waals surface area (Å²) in [5.74, 6) is -0.600. The van der Waals surface area contributed by atoms with Gasteiger partial charge in [-0.25, -0.2) is 9.78 Å². The number of nitrogens with two attached hydrogens (primary N) is 1. The maximum Gasteiger partial charge on any atom is 0.343 e. The minimum Gasteiger partial charge on any atom is -0.459 e. The molecular formula is C9H10Cl2N2O2. The van der Waals surface area contributed by atoms with Gasteiger partial charge in [-0.2, -0.15) is 0 Å². The molecule has 0 saturated heterocycles. The molecule has 0 unspecified atom stereocenters. The summed E-state index contributed by atoms with van der Waals surface area (Å²) in [4.78, 5) is 15.3. The Labute approximate surface area is 97.3 Å². The Hall–Kier alpha value is -1.00. The van der Waals surface area contributed by atoms with E-state index in [1.165, 1.54) is 6.07 Å². The van der Waals surface area contributed by atoms with Gasteiger partial charge in [0.15, 0.2) is 0 Å². The minimum absolute atomic E-state index is 0.0503. The number of aromatic nitrogens is 1. The van der Waals surface area contributed by atoms with Crippen LogP contribution in [0.4, 0.5) is 5.69 Å². The number of hydrogen-bond donors (Lipinski definition) is 1. The summed E-state index contributed by atoms with van der Waals surface area (Å²) in [6, 6.07) is 1.35. The predicted molar refractivity (Wildman–Crippen MR) is 59.2 cm³/mol. The van der Waals surface area contributed by atoms with E-state index >= 15 is 0 Å². The van der Waals surface area contributed by atoms with Crippen molar-refractivity contribution in [3.05, 3.63) is 21.9 Å². The van der Waals surface area contributed by atoms with Crippen LogP contribution in [-0.4, -0.2) is 17.1 Å². The van der Waals surface area contributed by atoms with E-state index in [-0.39, 0.29) is 27.7 Å². The summed E-state index contributed by atoms with van der Waals surface area (Å²) in [5, 5.41) is 0.0873. The number of rotatable bonds is 2. The van der Waals surface area contributed by atoms with Crippen molar-refractivity contribution in [2.24, 2.45) is 0 Å². The van der Waals surface area contributed by atoms with Crippen molar-refractivity contribution in [3.63, 3.8) is 0 Å². The van der Waals surface area contributed by atoms with Crippen LogP contribution in [0, 0.1) is 0 Å². The number of ether oxygens (including phenoxy) is 1. The Balaban J connectivity index is 3.09. The molecule has 82 valence electrons. The largest absolute Gasteiger partial charge is 0.459 e. The van der Waals surface area contributed by atoms with Gasteiger partial charge < -0.3 is 10.5 Å². The third-order valence-corrected chi connectivity index (χ3v) is 1.99. The molecule has 0 amide bonds. The van der Waals surface area contributed by atoms with Gasteiger partial charge in [0, 0.05) is 0 Å². The van der Waals surface area contributed by atoms with Crippen LogP contribution < -0.4 is 5.73 Å². The smallest absolute Gasteiger partial charge is 0.343 e. The topological polar surface area (TPSA) is 65.2 Å². The van der Waals surface area contributed by atoms with Crippen LogP contribution in [0.2, 0.25) is 10.3 Å². The lowest BCUT2D eigenvalue weighted by atomic mass is 10.2. The van der Waals surface area contributed by atoms with Crippen LogP contribution in [0.3, 0.4) is 0 Å². The summed E-state index contributed by atoms with van der Waals surface area (Å²) in [7, 11) is 0. The maximum atomic E-state index is 11.5. The molecule has 0 radical (unpaired) electrons. The quantitative estimate of drug-likeness (QED) is 0.646. The number of esters is 1. The summed E-state index contributed by atoms with van der Waals surface area (Å²) >= 11 is 11.3. The minimum atomic E-state index is -0.600. The van der Waals surface area contributed by atoms with E-state index < -0.39 is 5.97 Å². The Morgan fingerprint density at radius 1 is 1.53 bits per heavy atom. The van der Waals surface area contributed by atoms with Crippen LogP contribution in [-0.2, 0) is 4.74 Å². The van der Waals surface area contributed by atoms with Gasteiger partial charge in [0.1, 0.15) is 15.9 Å². The van der Waals surface area contributed by atoms with E-state index in [2.05, 4.69) is 4.98 Å². The summed E-state index contributed by atoms with van der Waals surface area (Å²) in [6.45, 7) is 3.46. The first-order valence-corrected chi connectivity index (χ1v) is 5.00. The molecule has 2 N–H and O–H groups in total.